The van der Waals surface area contributed by atoms with Gasteiger partial charge in [-0.05, 0) is 313 Å². The summed E-state index contributed by atoms with van der Waals surface area (Å²) in [5.41, 5.74) is 24.4. The number of benzene rings is 14. The van der Waals surface area contributed by atoms with Crippen molar-refractivity contribution in [3.63, 3.8) is 0 Å². The highest BCUT2D eigenvalue weighted by molar-refractivity contribution is 7.00. The number of aromatic nitrogens is 2. The van der Waals surface area contributed by atoms with Crippen molar-refractivity contribution in [3.05, 3.63) is 326 Å². The minimum absolute atomic E-state index is 0.0222. The molecule has 18 rings (SSSR count). The molecule has 0 saturated carbocycles. The molecule has 16 aromatic rings. The van der Waals surface area contributed by atoms with E-state index in [-0.39, 0.29) is 126 Å². The van der Waals surface area contributed by atoms with Crippen LogP contribution in [-0.4, -0.2) is 15.8 Å². The summed E-state index contributed by atoms with van der Waals surface area (Å²) in [6, 6.07) is 74.2. The molecular weight excluding hydrogens is 1750 g/mol. The SMILES string of the molecule is [2H]c1c([2H])c(C(C)(C)C)c([2H])c([2H])c1-c1c([2H])c(C(C)(C)C)c([2H])c(-c2c([2H])c(C(C)(C)C)c([2H])c([2H])c2C(C)(C)C)c1N1c2cc(-n3c4ccc(C(C)(C)C)cc4c4cc(C(C)(C)C)ccc43)ccc2B2c3ccc(-n4c5ccc(C(C)(C)C)cc5c5cc(C(C)(C)C)ccc54)cc3N(c3c(-c4ccc(C(C)(C)C)cc4)cc(C(C)(C)C)cc3-c3ccc(C(C)(C)C)cc3C(C)(C)C)c3cc(-c4cc(C(C)(C)C)cc(C(C)(C)C)c4)cc1c32. The average molecular weight is 1930 g/mol. The Morgan fingerprint density at radius 2 is 0.517 bits per heavy atom. The highest BCUT2D eigenvalue weighted by Crippen LogP contribution is 2.59. The molecule has 0 bridgehead atoms. The Labute approximate surface area is 886 Å². The molecule has 2 aliphatic rings. The number of hydrogen-bond donors (Lipinski definition) is 0. The van der Waals surface area contributed by atoms with Crippen LogP contribution in [0.4, 0.5) is 34.1 Å². The third kappa shape index (κ3) is 19.0. The molecule has 2 aliphatic heterocycles. The van der Waals surface area contributed by atoms with Crippen LogP contribution in [0.15, 0.2) is 249 Å². The first-order chi connectivity index (χ1) is 70.5. The van der Waals surface area contributed by atoms with Gasteiger partial charge < -0.3 is 18.9 Å². The normalized spacial score (nSPS) is 15.0. The van der Waals surface area contributed by atoms with Crippen molar-refractivity contribution in [2.75, 3.05) is 9.80 Å². The fourth-order valence-electron chi connectivity index (χ4n) is 21.6. The molecule has 4 heterocycles. The van der Waals surface area contributed by atoms with Crippen LogP contribution >= 0.6 is 0 Å². The lowest BCUT2D eigenvalue weighted by atomic mass is 9.33. The van der Waals surface area contributed by atoms with E-state index < -0.39 is 50.0 Å². The van der Waals surface area contributed by atoms with Gasteiger partial charge in [0.1, 0.15) is 0 Å². The highest BCUT2D eigenvalue weighted by atomic mass is 15.2. The van der Waals surface area contributed by atoms with Gasteiger partial charge in [-0.2, -0.15) is 0 Å². The van der Waals surface area contributed by atoms with Crippen molar-refractivity contribution in [1.82, 2.24) is 9.13 Å². The summed E-state index contributed by atoms with van der Waals surface area (Å²) in [6.45, 7) is 92.3. The molecule has 0 N–H and O–H groups in total. The van der Waals surface area contributed by atoms with Crippen LogP contribution < -0.4 is 26.2 Å². The number of nitrogens with zero attached hydrogens (tertiary/aromatic N) is 4. The lowest BCUT2D eigenvalue weighted by molar-refractivity contribution is 0.568. The predicted octanol–water partition coefficient (Wildman–Crippen LogP) is 38.5. The summed E-state index contributed by atoms with van der Waals surface area (Å²) in [5.74, 6) is 0. The van der Waals surface area contributed by atoms with Crippen molar-refractivity contribution >= 4 is 101 Å². The second-order valence-electron chi connectivity index (χ2n) is 57.1. The van der Waals surface area contributed by atoms with Crippen LogP contribution in [0.1, 0.15) is 381 Å². The summed E-state index contributed by atoms with van der Waals surface area (Å²) >= 11 is 0. The second-order valence-corrected chi connectivity index (χ2v) is 57.1. The molecular formula is C140H167BN4. The number of hydrogen-bond acceptors (Lipinski definition) is 2. The van der Waals surface area contributed by atoms with Gasteiger partial charge in [-0.15, -0.1) is 0 Å². The van der Waals surface area contributed by atoms with Crippen LogP contribution in [0.25, 0.3) is 111 Å². The lowest BCUT2D eigenvalue weighted by Crippen LogP contribution is -2.61. The molecule has 0 atom stereocenters. The summed E-state index contributed by atoms with van der Waals surface area (Å²) in [5, 5.41) is 4.48. The zero-order valence-electron chi connectivity index (χ0n) is 105. The minimum Gasteiger partial charge on any atom is -0.310 e. The van der Waals surface area contributed by atoms with Crippen molar-refractivity contribution in [2.24, 2.45) is 0 Å². The van der Waals surface area contributed by atoms with Crippen LogP contribution in [0, 0.1) is 0 Å². The highest BCUT2D eigenvalue weighted by Gasteiger charge is 2.48. The molecule has 5 heteroatoms. The van der Waals surface area contributed by atoms with Gasteiger partial charge >= 0.3 is 0 Å². The zero-order chi connectivity index (χ0) is 114. The van der Waals surface area contributed by atoms with Crippen LogP contribution in [0.5, 0.6) is 0 Å². The molecule has 0 aliphatic carbocycles. The summed E-state index contributed by atoms with van der Waals surface area (Å²) in [4.78, 5) is 4.94. The molecule has 14 aromatic carbocycles. The molecule has 0 radical (unpaired) electrons. The van der Waals surface area contributed by atoms with Crippen LogP contribution in [0.3, 0.4) is 0 Å². The average Bonchev–Trinajstić information content (AvgIpc) is 0.684. The monoisotopic (exact) mass is 1920 g/mol. The molecule has 750 valence electrons. The van der Waals surface area contributed by atoms with Crippen molar-refractivity contribution in [1.29, 1.82) is 0 Å². The van der Waals surface area contributed by atoms with Gasteiger partial charge in [-0.1, -0.05) is 430 Å². The number of anilines is 6. The van der Waals surface area contributed by atoms with E-state index in [0.717, 1.165) is 139 Å². The minimum atomic E-state index is -1.11. The van der Waals surface area contributed by atoms with Crippen molar-refractivity contribution in [3.8, 4) is 67.0 Å². The Kier molecular flexibility index (Phi) is 21.9. The predicted molar refractivity (Wildman–Crippen MR) is 638 cm³/mol. The molecule has 145 heavy (non-hydrogen) atoms. The molecule has 0 saturated heterocycles. The van der Waals surface area contributed by atoms with E-state index in [4.69, 9.17) is 0 Å². The van der Waals surface area contributed by atoms with E-state index >= 15 is 0 Å². The number of fused-ring (bicyclic) bond motifs is 10. The molecule has 4 nitrogen and oxygen atoms in total. The first-order valence-electron chi connectivity index (χ1n) is 57.8. The van der Waals surface area contributed by atoms with Gasteiger partial charge in [0.15, 0.2) is 0 Å². The second kappa shape index (κ2) is 34.5. The standard InChI is InChI=1S/C140H167BN4/c1-127(2,3)88-47-43-84(44-48-88)103-77-98(137(31,32)33)79-110(102-59-51-95(134(22,23)24)81-113(102)140(40,41)42)125(103)144-120-82-100(142-116-63-53-91(130(10,11)12)73-106(116)107-74-92(131(13,14)15)54-64-117(107)142)57-61-114(120)141-115-62-58-101(143-118-65-55-93(132(16,17)18)75-108(118)109-76-94(133(19,20)21)56-66-119(109)143)83-121(115)145(123-70-87(69-122(144)124(123)141)86-67-96(135(25,26)27)71-97(68-86)136(28,29)30)126-104(85-45-49-89(50-46-85)128(4,5)6)78-99(138(34,35)36)80-111(126)105-72-90(129(7,8)9)52-60-112(105)139(37,38)39/h43-83H,1-42H3/i45D,46D,49D,50D,52D,60D,72D,78D,80D. The van der Waals surface area contributed by atoms with E-state index in [0.29, 0.717) is 22.5 Å². The zero-order valence-corrected chi connectivity index (χ0v) is 95.8. The maximum atomic E-state index is 12.2. The van der Waals surface area contributed by atoms with Crippen LogP contribution in [-0.2, 0) is 75.8 Å². The summed E-state index contributed by atoms with van der Waals surface area (Å²) < 4.78 is 106. The third-order valence-electron chi connectivity index (χ3n) is 30.9. The topological polar surface area (TPSA) is 16.3 Å². The van der Waals surface area contributed by atoms with E-state index in [1.54, 1.807) is 0 Å². The van der Waals surface area contributed by atoms with E-state index in [9.17, 15) is 12.3 Å². The molecule has 0 spiro atoms. The fraction of sp³-hybridized carbons (Fsp3) is 0.400. The fourth-order valence-corrected chi connectivity index (χ4v) is 21.6. The largest absolute Gasteiger partial charge is 0.310 e. The Hall–Kier alpha value is -11.7. The smallest absolute Gasteiger partial charge is 0.252 e. The van der Waals surface area contributed by atoms with Gasteiger partial charge in [0.25, 0.3) is 6.71 Å². The Bertz CT molecular complexity index is 8270. The lowest BCUT2D eigenvalue weighted by Gasteiger charge is -2.46. The molecule has 2 aromatic heterocycles. The molecule has 0 amide bonds. The Morgan fingerprint density at radius 1 is 0.193 bits per heavy atom. The summed E-state index contributed by atoms with van der Waals surface area (Å²) in [6.07, 6.45) is 0. The quantitative estimate of drug-likeness (QED) is 0.134. The van der Waals surface area contributed by atoms with Gasteiger partial charge in [0, 0.05) is 77.9 Å². The molecule has 0 fully saturated rings. The van der Waals surface area contributed by atoms with Gasteiger partial charge in [0.05, 0.1) is 45.8 Å². The maximum Gasteiger partial charge on any atom is 0.252 e. The van der Waals surface area contributed by atoms with Crippen molar-refractivity contribution in [2.45, 2.75) is 367 Å². The van der Waals surface area contributed by atoms with E-state index in [1.807, 2.05) is 83.1 Å². The van der Waals surface area contributed by atoms with Crippen LogP contribution in [0.2, 0.25) is 0 Å². The number of rotatable bonds is 9. The van der Waals surface area contributed by atoms with Gasteiger partial charge in [-0.3, -0.25) is 0 Å². The molecule has 0 unspecified atom stereocenters. The van der Waals surface area contributed by atoms with Gasteiger partial charge in [0.2, 0.25) is 0 Å². The Balaban J connectivity index is 1.18. The summed E-state index contributed by atoms with van der Waals surface area (Å²) in [7, 11) is 0. The van der Waals surface area contributed by atoms with Crippen molar-refractivity contribution < 1.29 is 12.3 Å². The van der Waals surface area contributed by atoms with Gasteiger partial charge in [-0.25, -0.2) is 0 Å². The Morgan fingerprint density at radius 3 is 0.897 bits per heavy atom. The van der Waals surface area contributed by atoms with E-state index in [2.05, 4.69) is 421 Å². The third-order valence-corrected chi connectivity index (χ3v) is 30.9. The first kappa shape index (κ1) is 92.0. The maximum absolute atomic E-state index is 12.2. The van der Waals surface area contributed by atoms with E-state index in [1.165, 1.54) is 38.9 Å². The first-order valence-corrected chi connectivity index (χ1v) is 53.3.